The number of hydrogen-bond donors (Lipinski definition) is 0. The lowest BCUT2D eigenvalue weighted by molar-refractivity contribution is 0.127. The molecule has 1 saturated heterocycles. The highest BCUT2D eigenvalue weighted by atomic mass is 15.2. The van der Waals surface area contributed by atoms with Crippen LogP contribution < -0.4 is 0 Å². The maximum Gasteiger partial charge on any atom is 0.0359 e. The zero-order chi connectivity index (χ0) is 8.55. The van der Waals surface area contributed by atoms with E-state index in [0.717, 1.165) is 0 Å². The van der Waals surface area contributed by atoms with Crippen molar-refractivity contribution < 1.29 is 0 Å². The Morgan fingerprint density at radius 3 is 2.58 bits per heavy atom. The molecule has 64 valence electrons. The molecule has 1 heteroatoms. The van der Waals surface area contributed by atoms with Gasteiger partial charge in [-0.25, -0.2) is 0 Å². The minimum Gasteiger partial charge on any atom is -0.299 e. The molecule has 0 N–H and O–H groups in total. The van der Waals surface area contributed by atoms with Crippen LogP contribution in [0, 0.1) is 6.92 Å². The Bertz CT molecular complexity index is 280. The van der Waals surface area contributed by atoms with E-state index in [2.05, 4.69) is 43.1 Å². The first-order valence-corrected chi connectivity index (χ1v) is 4.55. The van der Waals surface area contributed by atoms with Crippen LogP contribution in [-0.4, -0.2) is 18.5 Å². The van der Waals surface area contributed by atoms with Crippen molar-refractivity contribution in [3.63, 3.8) is 0 Å². The van der Waals surface area contributed by atoms with Gasteiger partial charge in [0.05, 0.1) is 0 Å². The quantitative estimate of drug-likeness (QED) is 0.611. The Hall–Kier alpha value is -0.820. The highest BCUT2D eigenvalue weighted by molar-refractivity contribution is 5.29. The largest absolute Gasteiger partial charge is 0.299 e. The monoisotopic (exact) mass is 161 g/mol. The number of hydrogen-bond acceptors (Lipinski definition) is 1. The van der Waals surface area contributed by atoms with Crippen molar-refractivity contribution in [3.05, 3.63) is 35.4 Å². The Morgan fingerprint density at radius 2 is 2.08 bits per heavy atom. The van der Waals surface area contributed by atoms with Gasteiger partial charge in [-0.2, -0.15) is 0 Å². The summed E-state index contributed by atoms with van der Waals surface area (Å²) >= 11 is 0. The van der Waals surface area contributed by atoms with Crippen LogP contribution in [0.15, 0.2) is 24.3 Å². The molecule has 0 saturated carbocycles. The van der Waals surface area contributed by atoms with Crippen LogP contribution in [0.4, 0.5) is 0 Å². The van der Waals surface area contributed by atoms with E-state index in [1.165, 1.54) is 24.1 Å². The molecule has 1 unspecified atom stereocenters. The molecule has 1 aliphatic heterocycles. The maximum atomic E-state index is 2.41. The number of likely N-dealkylation sites (tertiary alicyclic amines) is 1. The lowest BCUT2D eigenvalue weighted by Gasteiger charge is -2.39. The van der Waals surface area contributed by atoms with E-state index in [1.807, 2.05) is 0 Å². The molecule has 1 aromatic carbocycles. The van der Waals surface area contributed by atoms with Crippen LogP contribution >= 0.6 is 0 Å². The van der Waals surface area contributed by atoms with Crippen LogP contribution in [0.3, 0.4) is 0 Å². The standard InChI is InChI=1S/C11H15N/c1-9-5-3-4-6-10(9)11-7-8-12(11)2/h3-6,11H,7-8H2,1-2H3. The van der Waals surface area contributed by atoms with Gasteiger partial charge in [0.1, 0.15) is 0 Å². The number of nitrogens with zero attached hydrogens (tertiary/aromatic N) is 1. The predicted molar refractivity (Wildman–Crippen MR) is 51.2 cm³/mol. The number of aryl methyl sites for hydroxylation is 1. The van der Waals surface area contributed by atoms with E-state index in [1.54, 1.807) is 0 Å². The van der Waals surface area contributed by atoms with Gasteiger partial charge in [-0.3, -0.25) is 4.90 Å². The molecule has 0 amide bonds. The topological polar surface area (TPSA) is 3.24 Å². The average molecular weight is 161 g/mol. The SMILES string of the molecule is Cc1ccccc1C1CCN1C. The maximum absolute atomic E-state index is 2.41. The van der Waals surface area contributed by atoms with E-state index in [0.29, 0.717) is 6.04 Å². The minimum atomic E-state index is 0.686. The smallest absolute Gasteiger partial charge is 0.0359 e. The zero-order valence-electron chi connectivity index (χ0n) is 7.75. The van der Waals surface area contributed by atoms with Gasteiger partial charge in [0.15, 0.2) is 0 Å². The van der Waals surface area contributed by atoms with Gasteiger partial charge >= 0.3 is 0 Å². The third kappa shape index (κ3) is 1.14. The summed E-state index contributed by atoms with van der Waals surface area (Å²) < 4.78 is 0. The summed E-state index contributed by atoms with van der Waals surface area (Å²) in [6, 6.07) is 9.37. The molecule has 0 aliphatic carbocycles. The molecule has 12 heavy (non-hydrogen) atoms. The fourth-order valence-corrected chi connectivity index (χ4v) is 1.87. The summed E-state index contributed by atoms with van der Waals surface area (Å²) in [5.41, 5.74) is 2.93. The van der Waals surface area contributed by atoms with E-state index in [9.17, 15) is 0 Å². The van der Waals surface area contributed by atoms with E-state index < -0.39 is 0 Å². The molecule has 0 bridgehead atoms. The zero-order valence-corrected chi connectivity index (χ0v) is 7.75. The van der Waals surface area contributed by atoms with Crippen molar-refractivity contribution in [1.82, 2.24) is 4.90 Å². The molecule has 1 atom stereocenters. The van der Waals surface area contributed by atoms with Crippen molar-refractivity contribution in [3.8, 4) is 0 Å². The molecular weight excluding hydrogens is 146 g/mol. The Labute approximate surface area is 74.0 Å². The second-order valence-corrected chi connectivity index (χ2v) is 3.64. The first-order chi connectivity index (χ1) is 5.79. The van der Waals surface area contributed by atoms with Crippen molar-refractivity contribution in [1.29, 1.82) is 0 Å². The first kappa shape index (κ1) is 7.81. The predicted octanol–water partition coefficient (Wildman–Crippen LogP) is 2.37. The van der Waals surface area contributed by atoms with Gasteiger partial charge in [0, 0.05) is 12.6 Å². The minimum absolute atomic E-state index is 0.686. The summed E-state index contributed by atoms with van der Waals surface area (Å²) in [5, 5.41) is 0. The second-order valence-electron chi connectivity index (χ2n) is 3.64. The molecule has 0 spiro atoms. The molecule has 0 radical (unpaired) electrons. The van der Waals surface area contributed by atoms with Gasteiger partial charge in [0.2, 0.25) is 0 Å². The van der Waals surface area contributed by atoms with Crippen LogP contribution in [-0.2, 0) is 0 Å². The van der Waals surface area contributed by atoms with E-state index in [-0.39, 0.29) is 0 Å². The van der Waals surface area contributed by atoms with Crippen LogP contribution in [0.5, 0.6) is 0 Å². The third-order valence-corrected chi connectivity index (χ3v) is 2.83. The van der Waals surface area contributed by atoms with Crippen molar-refractivity contribution in [2.24, 2.45) is 0 Å². The summed E-state index contributed by atoms with van der Waals surface area (Å²) in [6.07, 6.45) is 1.32. The first-order valence-electron chi connectivity index (χ1n) is 4.55. The molecular formula is C11H15N. The van der Waals surface area contributed by atoms with Gasteiger partial charge in [-0.15, -0.1) is 0 Å². The molecule has 1 heterocycles. The summed E-state index contributed by atoms with van der Waals surface area (Å²) in [7, 11) is 2.20. The average Bonchev–Trinajstić information content (AvgIpc) is 2.06. The fraction of sp³-hybridized carbons (Fsp3) is 0.455. The van der Waals surface area contributed by atoms with Crippen LogP contribution in [0.2, 0.25) is 0 Å². The number of benzene rings is 1. The lowest BCUT2D eigenvalue weighted by Crippen LogP contribution is -2.37. The molecule has 1 fully saturated rings. The van der Waals surface area contributed by atoms with Crippen molar-refractivity contribution in [2.75, 3.05) is 13.6 Å². The van der Waals surface area contributed by atoms with Crippen molar-refractivity contribution in [2.45, 2.75) is 19.4 Å². The van der Waals surface area contributed by atoms with Gasteiger partial charge in [-0.05, 0) is 31.5 Å². The highest BCUT2D eigenvalue weighted by Gasteiger charge is 2.26. The van der Waals surface area contributed by atoms with E-state index >= 15 is 0 Å². The Balaban J connectivity index is 2.27. The lowest BCUT2D eigenvalue weighted by atomic mass is 9.92. The summed E-state index contributed by atoms with van der Waals surface area (Å²) in [6.45, 7) is 3.44. The Morgan fingerprint density at radius 1 is 1.33 bits per heavy atom. The molecule has 1 aromatic rings. The van der Waals surface area contributed by atoms with Gasteiger partial charge in [-0.1, -0.05) is 24.3 Å². The van der Waals surface area contributed by atoms with Crippen LogP contribution in [0.25, 0.3) is 0 Å². The molecule has 0 aromatic heterocycles. The Kier molecular flexibility index (Phi) is 1.89. The third-order valence-electron chi connectivity index (χ3n) is 2.83. The second kappa shape index (κ2) is 2.91. The molecule has 2 rings (SSSR count). The van der Waals surface area contributed by atoms with Crippen LogP contribution in [0.1, 0.15) is 23.6 Å². The van der Waals surface area contributed by atoms with E-state index in [4.69, 9.17) is 0 Å². The molecule has 1 aliphatic rings. The summed E-state index contributed by atoms with van der Waals surface area (Å²) in [4.78, 5) is 2.41. The van der Waals surface area contributed by atoms with Crippen molar-refractivity contribution >= 4 is 0 Å². The fourth-order valence-electron chi connectivity index (χ4n) is 1.87. The molecule has 1 nitrogen and oxygen atoms in total. The highest BCUT2D eigenvalue weighted by Crippen LogP contribution is 2.32. The normalized spacial score (nSPS) is 23.7. The van der Waals surface area contributed by atoms with Gasteiger partial charge in [0.25, 0.3) is 0 Å². The van der Waals surface area contributed by atoms with Gasteiger partial charge < -0.3 is 0 Å². The summed E-state index contributed by atoms with van der Waals surface area (Å²) in [5.74, 6) is 0. The number of rotatable bonds is 1.